The molecule has 2 aliphatic rings. The van der Waals surface area contributed by atoms with E-state index >= 15 is 0 Å². The summed E-state index contributed by atoms with van der Waals surface area (Å²) in [6.07, 6.45) is 1.79. The first-order valence-corrected chi connectivity index (χ1v) is 10.7. The minimum Gasteiger partial charge on any atom is -0.356 e. The van der Waals surface area contributed by atoms with Crippen LogP contribution in [0.25, 0.3) is 0 Å². The number of piperidine rings is 1. The van der Waals surface area contributed by atoms with Crippen molar-refractivity contribution in [2.45, 2.75) is 36.7 Å². The number of rotatable bonds is 5. The number of nitrogens with zero attached hydrogens (tertiary/aromatic N) is 2. The van der Waals surface area contributed by atoms with Gasteiger partial charge in [-0.15, -0.1) is 0 Å². The summed E-state index contributed by atoms with van der Waals surface area (Å²) in [4.78, 5) is 4.21. The number of guanidine groups is 1. The summed E-state index contributed by atoms with van der Waals surface area (Å²) in [6, 6.07) is 10.5. The summed E-state index contributed by atoms with van der Waals surface area (Å²) in [5.74, 6) is 1.21. The van der Waals surface area contributed by atoms with Crippen LogP contribution in [0.5, 0.6) is 0 Å². The molecule has 10 heteroatoms. The number of halogens is 3. The van der Waals surface area contributed by atoms with Crippen molar-refractivity contribution in [2.75, 3.05) is 26.7 Å². The molecule has 0 amide bonds. The van der Waals surface area contributed by atoms with Crippen molar-refractivity contribution in [3.63, 3.8) is 0 Å². The number of sulfonamides is 1. The van der Waals surface area contributed by atoms with Crippen molar-refractivity contribution in [3.8, 4) is 0 Å². The van der Waals surface area contributed by atoms with E-state index in [0.717, 1.165) is 6.42 Å². The molecule has 1 aromatic carbocycles. The smallest absolute Gasteiger partial charge is 0.356 e. The third kappa shape index (κ3) is 4.78. The molecular formula is C18H25F3N4O2S. The lowest BCUT2D eigenvalue weighted by Gasteiger charge is -2.31. The number of hydrogen-bond donors (Lipinski definition) is 2. The van der Waals surface area contributed by atoms with E-state index in [1.54, 1.807) is 7.05 Å². The van der Waals surface area contributed by atoms with Gasteiger partial charge in [0.25, 0.3) is 0 Å². The highest BCUT2D eigenvalue weighted by molar-refractivity contribution is 7.90. The van der Waals surface area contributed by atoms with E-state index in [2.05, 4.69) is 27.8 Å². The third-order valence-electron chi connectivity index (χ3n) is 5.33. The molecule has 2 fully saturated rings. The molecule has 2 unspecified atom stereocenters. The van der Waals surface area contributed by atoms with Gasteiger partial charge in [0.15, 0.2) is 5.96 Å². The first-order chi connectivity index (χ1) is 13.2. The summed E-state index contributed by atoms with van der Waals surface area (Å²) < 4.78 is 61.3. The Bertz CT molecular complexity index is 791. The lowest BCUT2D eigenvalue weighted by atomic mass is 9.98. The molecule has 1 saturated heterocycles. The summed E-state index contributed by atoms with van der Waals surface area (Å²) in [5.41, 5.74) is -3.95. The molecule has 1 saturated carbocycles. The van der Waals surface area contributed by atoms with Crippen LogP contribution in [0.2, 0.25) is 0 Å². The fourth-order valence-corrected chi connectivity index (χ4v) is 4.52. The average Bonchev–Trinajstić information content (AvgIpc) is 3.44. The number of alkyl halides is 3. The summed E-state index contributed by atoms with van der Waals surface area (Å²) in [5, 5.41) is 6.58. The topological polar surface area (TPSA) is 73.8 Å². The first-order valence-electron chi connectivity index (χ1n) is 9.31. The quantitative estimate of drug-likeness (QED) is 0.568. The van der Waals surface area contributed by atoms with Gasteiger partial charge in [0.05, 0.1) is 0 Å². The van der Waals surface area contributed by atoms with Crippen molar-refractivity contribution in [1.82, 2.24) is 14.9 Å². The summed E-state index contributed by atoms with van der Waals surface area (Å²) in [6.45, 7) is 0.320. The van der Waals surface area contributed by atoms with Gasteiger partial charge in [-0.25, -0.2) is 8.42 Å². The van der Waals surface area contributed by atoms with E-state index in [1.165, 1.54) is 5.56 Å². The van der Waals surface area contributed by atoms with Gasteiger partial charge in [-0.1, -0.05) is 30.3 Å². The SMILES string of the molecule is CN=C(NCC1CCN(S(=O)(=O)C(F)(F)F)CC1)NC1CC1c1ccccc1. The molecular weight excluding hydrogens is 393 g/mol. The molecule has 28 heavy (non-hydrogen) atoms. The molecule has 0 spiro atoms. The summed E-state index contributed by atoms with van der Waals surface area (Å²) in [7, 11) is -3.55. The molecule has 1 aliphatic heterocycles. The minimum atomic E-state index is -5.23. The van der Waals surface area contributed by atoms with E-state index < -0.39 is 15.5 Å². The van der Waals surface area contributed by atoms with Gasteiger partial charge in [0.2, 0.25) is 0 Å². The van der Waals surface area contributed by atoms with Crippen LogP contribution in [0.3, 0.4) is 0 Å². The maximum absolute atomic E-state index is 12.6. The Kier molecular flexibility index (Phi) is 6.18. The lowest BCUT2D eigenvalue weighted by molar-refractivity contribution is -0.0496. The first kappa shape index (κ1) is 20.9. The number of hydrogen-bond acceptors (Lipinski definition) is 3. The minimum absolute atomic E-state index is 0.0994. The number of nitrogens with one attached hydrogen (secondary N) is 2. The lowest BCUT2D eigenvalue weighted by Crippen LogP contribution is -2.47. The van der Waals surface area contributed by atoms with Crippen LogP contribution in [-0.2, 0) is 10.0 Å². The van der Waals surface area contributed by atoms with Crippen LogP contribution in [0, 0.1) is 5.92 Å². The van der Waals surface area contributed by atoms with Gasteiger partial charge in [-0.3, -0.25) is 4.99 Å². The van der Waals surface area contributed by atoms with Crippen LogP contribution < -0.4 is 10.6 Å². The van der Waals surface area contributed by atoms with Gasteiger partial charge < -0.3 is 10.6 Å². The van der Waals surface area contributed by atoms with E-state index in [-0.39, 0.29) is 19.0 Å². The van der Waals surface area contributed by atoms with Gasteiger partial charge in [0, 0.05) is 38.6 Å². The molecule has 1 aliphatic carbocycles. The highest BCUT2D eigenvalue weighted by Crippen LogP contribution is 2.40. The highest BCUT2D eigenvalue weighted by atomic mass is 32.2. The molecule has 2 N–H and O–H groups in total. The van der Waals surface area contributed by atoms with Crippen molar-refractivity contribution in [1.29, 1.82) is 0 Å². The van der Waals surface area contributed by atoms with E-state index in [0.29, 0.717) is 41.6 Å². The largest absolute Gasteiger partial charge is 0.511 e. The van der Waals surface area contributed by atoms with Gasteiger partial charge in [-0.2, -0.15) is 17.5 Å². The standard InChI is InChI=1S/C18H25F3N4O2S/c1-22-17(24-16-11-15(16)14-5-3-2-4-6-14)23-12-13-7-9-25(10-8-13)28(26,27)18(19,20)21/h2-6,13,15-16H,7-12H2,1H3,(H2,22,23,24). The Labute approximate surface area is 163 Å². The Morgan fingerprint density at radius 1 is 1.21 bits per heavy atom. The van der Waals surface area contributed by atoms with Crippen LogP contribution in [0.1, 0.15) is 30.7 Å². The third-order valence-corrected chi connectivity index (χ3v) is 6.96. The van der Waals surface area contributed by atoms with Crippen molar-refractivity contribution in [2.24, 2.45) is 10.9 Å². The van der Waals surface area contributed by atoms with Crippen LogP contribution in [0.4, 0.5) is 13.2 Å². The molecule has 2 atom stereocenters. The predicted octanol–water partition coefficient (Wildman–Crippen LogP) is 2.27. The fraction of sp³-hybridized carbons (Fsp3) is 0.611. The van der Waals surface area contributed by atoms with E-state index in [4.69, 9.17) is 0 Å². The van der Waals surface area contributed by atoms with E-state index in [9.17, 15) is 21.6 Å². The zero-order valence-electron chi connectivity index (χ0n) is 15.6. The molecule has 6 nitrogen and oxygen atoms in total. The Morgan fingerprint density at radius 2 is 1.86 bits per heavy atom. The maximum Gasteiger partial charge on any atom is 0.511 e. The normalized spacial score (nSPS) is 24.8. The Balaban J connectivity index is 1.42. The number of aliphatic imine (C=N–C) groups is 1. The zero-order valence-corrected chi connectivity index (χ0v) is 16.4. The van der Waals surface area contributed by atoms with Gasteiger partial charge >= 0.3 is 15.5 Å². The predicted molar refractivity (Wildman–Crippen MR) is 101 cm³/mol. The van der Waals surface area contributed by atoms with Crippen molar-refractivity contribution >= 4 is 16.0 Å². The molecule has 0 aromatic heterocycles. The fourth-order valence-electron chi connectivity index (χ4n) is 3.53. The van der Waals surface area contributed by atoms with Crippen LogP contribution >= 0.6 is 0 Å². The van der Waals surface area contributed by atoms with Crippen LogP contribution in [-0.4, -0.2) is 56.9 Å². The average molecular weight is 418 g/mol. The second kappa shape index (κ2) is 8.28. The molecule has 1 heterocycles. The van der Waals surface area contributed by atoms with Gasteiger partial charge in [-0.05, 0) is 30.7 Å². The Hall–Kier alpha value is -1.81. The maximum atomic E-state index is 12.6. The van der Waals surface area contributed by atoms with Gasteiger partial charge in [0.1, 0.15) is 0 Å². The molecule has 3 rings (SSSR count). The van der Waals surface area contributed by atoms with Crippen molar-refractivity contribution in [3.05, 3.63) is 35.9 Å². The second-order valence-electron chi connectivity index (χ2n) is 7.25. The molecule has 0 radical (unpaired) electrons. The molecule has 0 bridgehead atoms. The summed E-state index contributed by atoms with van der Waals surface area (Å²) >= 11 is 0. The second-order valence-corrected chi connectivity index (χ2v) is 9.18. The molecule has 1 aromatic rings. The van der Waals surface area contributed by atoms with Crippen molar-refractivity contribution < 1.29 is 21.6 Å². The van der Waals surface area contributed by atoms with Crippen LogP contribution in [0.15, 0.2) is 35.3 Å². The Morgan fingerprint density at radius 3 is 2.43 bits per heavy atom. The monoisotopic (exact) mass is 418 g/mol. The zero-order chi connectivity index (χ0) is 20.4. The molecule has 156 valence electrons. The van der Waals surface area contributed by atoms with E-state index in [1.807, 2.05) is 18.2 Å². The highest BCUT2D eigenvalue weighted by Gasteiger charge is 2.50. The number of benzene rings is 1.